The van der Waals surface area contributed by atoms with Crippen LogP contribution in [0.4, 0.5) is 14.5 Å². The second kappa shape index (κ2) is 8.33. The zero-order chi connectivity index (χ0) is 20.4. The lowest BCUT2D eigenvalue weighted by molar-refractivity contribution is 0.102. The molecular weight excluding hydrogens is 398 g/mol. The summed E-state index contributed by atoms with van der Waals surface area (Å²) in [5.74, 6) is -2.85. The van der Waals surface area contributed by atoms with Crippen LogP contribution in [-0.4, -0.2) is 20.4 Å². The van der Waals surface area contributed by atoms with E-state index in [-0.39, 0.29) is 33.1 Å². The number of rotatable bonds is 6. The average molecular weight is 417 g/mol. The number of hydrogen-bond donors (Lipinski definition) is 2. The van der Waals surface area contributed by atoms with E-state index in [4.69, 9.17) is 11.6 Å². The van der Waals surface area contributed by atoms with Crippen molar-refractivity contribution in [1.82, 2.24) is 4.72 Å². The van der Waals surface area contributed by atoms with Gasteiger partial charge in [-0.2, -0.15) is 0 Å². The van der Waals surface area contributed by atoms with Gasteiger partial charge >= 0.3 is 0 Å². The van der Waals surface area contributed by atoms with Crippen LogP contribution >= 0.6 is 11.6 Å². The van der Waals surface area contributed by atoms with Crippen molar-refractivity contribution < 1.29 is 22.0 Å². The lowest BCUT2D eigenvalue weighted by Gasteiger charge is -2.18. The van der Waals surface area contributed by atoms with E-state index < -0.39 is 27.6 Å². The lowest BCUT2D eigenvalue weighted by Crippen LogP contribution is -2.36. The molecule has 0 fully saturated rings. The van der Waals surface area contributed by atoms with Crippen LogP contribution in [0.25, 0.3) is 0 Å². The fourth-order valence-electron chi connectivity index (χ4n) is 2.07. The highest BCUT2D eigenvalue weighted by molar-refractivity contribution is 7.89. The summed E-state index contributed by atoms with van der Waals surface area (Å²) in [7, 11) is -3.86. The molecule has 2 aromatic rings. The Kier molecular flexibility index (Phi) is 6.56. The molecule has 0 radical (unpaired) electrons. The largest absolute Gasteiger partial charge is 0.322 e. The highest BCUT2D eigenvalue weighted by Gasteiger charge is 2.22. The molecule has 0 aliphatic carbocycles. The number of sulfonamides is 1. The van der Waals surface area contributed by atoms with Crippen molar-refractivity contribution in [3.8, 4) is 0 Å². The van der Waals surface area contributed by atoms with Crippen molar-refractivity contribution in [1.29, 1.82) is 0 Å². The van der Waals surface area contributed by atoms with Gasteiger partial charge in [-0.05, 0) is 43.2 Å². The third-order valence-electron chi connectivity index (χ3n) is 4.01. The molecule has 27 heavy (non-hydrogen) atoms. The maximum atomic E-state index is 13.3. The van der Waals surface area contributed by atoms with Gasteiger partial charge in [-0.25, -0.2) is 21.9 Å². The minimum Gasteiger partial charge on any atom is -0.322 e. The Hall–Kier alpha value is -2.03. The number of carbonyl (C=O) groups is 1. The molecule has 9 heteroatoms. The summed E-state index contributed by atoms with van der Waals surface area (Å²) >= 11 is 6.01. The van der Waals surface area contributed by atoms with Crippen molar-refractivity contribution in [2.24, 2.45) is 5.92 Å². The molecule has 0 bridgehead atoms. The predicted molar refractivity (Wildman–Crippen MR) is 100 cm³/mol. The maximum absolute atomic E-state index is 13.3. The quantitative estimate of drug-likeness (QED) is 0.741. The Bertz CT molecular complexity index is 965. The Morgan fingerprint density at radius 3 is 2.30 bits per heavy atom. The molecule has 1 unspecified atom stereocenters. The van der Waals surface area contributed by atoms with Gasteiger partial charge in [-0.15, -0.1) is 0 Å². The summed E-state index contributed by atoms with van der Waals surface area (Å²) in [6, 6.07) is 6.25. The molecule has 0 aromatic heterocycles. The second-order valence-corrected chi connectivity index (χ2v) is 8.50. The van der Waals surface area contributed by atoms with Crippen LogP contribution in [0.5, 0.6) is 0 Å². The van der Waals surface area contributed by atoms with Gasteiger partial charge in [0.1, 0.15) is 0 Å². The van der Waals surface area contributed by atoms with Gasteiger partial charge in [0.05, 0.1) is 15.5 Å². The van der Waals surface area contributed by atoms with Gasteiger partial charge in [-0.3, -0.25) is 4.79 Å². The third-order valence-corrected chi connectivity index (χ3v) is 5.90. The zero-order valence-corrected chi connectivity index (χ0v) is 16.5. The molecule has 0 heterocycles. The second-order valence-electron chi connectivity index (χ2n) is 6.38. The zero-order valence-electron chi connectivity index (χ0n) is 14.9. The maximum Gasteiger partial charge on any atom is 0.257 e. The monoisotopic (exact) mass is 416 g/mol. The van der Waals surface area contributed by atoms with E-state index in [1.165, 1.54) is 18.2 Å². The van der Waals surface area contributed by atoms with Gasteiger partial charge < -0.3 is 5.32 Å². The number of nitrogens with one attached hydrogen (secondary N) is 2. The van der Waals surface area contributed by atoms with Crippen molar-refractivity contribution >= 4 is 33.2 Å². The van der Waals surface area contributed by atoms with Crippen LogP contribution in [0.2, 0.25) is 5.02 Å². The van der Waals surface area contributed by atoms with Crippen molar-refractivity contribution in [2.75, 3.05) is 5.32 Å². The molecule has 0 aliphatic heterocycles. The molecule has 0 spiro atoms. The Morgan fingerprint density at radius 1 is 1.04 bits per heavy atom. The number of anilines is 1. The third kappa shape index (κ3) is 5.24. The molecule has 2 N–H and O–H groups in total. The Balaban J connectivity index is 2.31. The number of hydrogen-bond acceptors (Lipinski definition) is 3. The number of carbonyl (C=O) groups excluding carboxylic acids is 1. The van der Waals surface area contributed by atoms with Crippen molar-refractivity contribution in [2.45, 2.75) is 31.7 Å². The Morgan fingerprint density at radius 2 is 1.70 bits per heavy atom. The van der Waals surface area contributed by atoms with E-state index in [9.17, 15) is 22.0 Å². The summed E-state index contributed by atoms with van der Waals surface area (Å²) < 4.78 is 53.8. The fourth-order valence-corrected chi connectivity index (χ4v) is 3.69. The molecular formula is C18H19ClF2N2O3S. The van der Waals surface area contributed by atoms with Crippen LogP contribution in [-0.2, 0) is 10.0 Å². The van der Waals surface area contributed by atoms with Gasteiger partial charge in [-0.1, -0.05) is 25.4 Å². The van der Waals surface area contributed by atoms with Crippen molar-refractivity contribution in [3.63, 3.8) is 0 Å². The summed E-state index contributed by atoms with van der Waals surface area (Å²) in [5, 5.41) is 2.38. The lowest BCUT2D eigenvalue weighted by atomic mass is 10.1. The van der Waals surface area contributed by atoms with Crippen LogP contribution in [0.15, 0.2) is 41.3 Å². The van der Waals surface area contributed by atoms with Crippen LogP contribution in [0.1, 0.15) is 31.1 Å². The van der Waals surface area contributed by atoms with E-state index in [0.717, 1.165) is 18.2 Å². The molecule has 0 saturated heterocycles. The summed E-state index contributed by atoms with van der Waals surface area (Å²) in [5.41, 5.74) is -0.101. The van der Waals surface area contributed by atoms with Gasteiger partial charge in [0.25, 0.3) is 5.91 Å². The van der Waals surface area contributed by atoms with E-state index in [2.05, 4.69) is 10.0 Å². The molecule has 2 aromatic carbocycles. The number of halogens is 3. The molecule has 2 rings (SSSR count). The summed E-state index contributed by atoms with van der Waals surface area (Å²) in [6.45, 7) is 5.47. The molecule has 0 aliphatic rings. The van der Waals surface area contributed by atoms with E-state index in [0.29, 0.717) is 0 Å². The highest BCUT2D eigenvalue weighted by Crippen LogP contribution is 2.23. The molecule has 0 saturated carbocycles. The molecule has 146 valence electrons. The molecule has 5 nitrogen and oxygen atoms in total. The summed E-state index contributed by atoms with van der Waals surface area (Å²) in [4.78, 5) is 12.3. The van der Waals surface area contributed by atoms with E-state index >= 15 is 0 Å². The average Bonchev–Trinajstić information content (AvgIpc) is 2.57. The van der Waals surface area contributed by atoms with Crippen LogP contribution in [0, 0.1) is 17.6 Å². The first-order valence-corrected chi connectivity index (χ1v) is 9.95. The van der Waals surface area contributed by atoms with Crippen LogP contribution < -0.4 is 10.0 Å². The predicted octanol–water partition coefficient (Wildman–Crippen LogP) is 4.19. The van der Waals surface area contributed by atoms with Gasteiger partial charge in [0, 0.05) is 17.8 Å². The molecule has 1 atom stereocenters. The van der Waals surface area contributed by atoms with Gasteiger partial charge in [0.2, 0.25) is 10.0 Å². The number of benzene rings is 2. The highest BCUT2D eigenvalue weighted by atomic mass is 35.5. The first-order valence-electron chi connectivity index (χ1n) is 8.09. The van der Waals surface area contributed by atoms with Crippen LogP contribution in [0.3, 0.4) is 0 Å². The standard InChI is InChI=1S/C18H19ClF2N2O3S/c1-10(2)11(3)23-27(25,26)13-5-6-15(19)14(9-13)18(24)22-12-4-7-16(20)17(21)8-12/h4-11,23H,1-3H3,(H,22,24). The van der Waals surface area contributed by atoms with Crippen molar-refractivity contribution in [3.05, 3.63) is 58.6 Å². The van der Waals surface area contributed by atoms with E-state index in [1.807, 2.05) is 13.8 Å². The minimum atomic E-state index is -3.86. The first kappa shape index (κ1) is 21.3. The Labute approximate surface area is 161 Å². The first-order chi connectivity index (χ1) is 12.5. The summed E-state index contributed by atoms with van der Waals surface area (Å²) in [6.07, 6.45) is 0. The van der Waals surface area contributed by atoms with E-state index in [1.54, 1.807) is 6.92 Å². The SMILES string of the molecule is CC(C)C(C)NS(=O)(=O)c1ccc(Cl)c(C(=O)Nc2ccc(F)c(F)c2)c1. The van der Waals surface area contributed by atoms with Gasteiger partial charge in [0.15, 0.2) is 11.6 Å². The topological polar surface area (TPSA) is 75.3 Å². The minimum absolute atomic E-state index is 0.00906. The molecule has 1 amide bonds. The normalized spacial score (nSPS) is 12.9. The smallest absolute Gasteiger partial charge is 0.257 e. The fraction of sp³-hybridized carbons (Fsp3) is 0.278. The number of amides is 1.